The molecule has 3 aromatic rings. The van der Waals surface area contributed by atoms with Crippen LogP contribution in [-0.2, 0) is 4.74 Å². The lowest BCUT2D eigenvalue weighted by Crippen LogP contribution is -2.41. The first-order valence-corrected chi connectivity index (χ1v) is 13.1. The quantitative estimate of drug-likeness (QED) is 0.463. The normalized spacial score (nSPS) is 17.9. The van der Waals surface area contributed by atoms with Crippen molar-refractivity contribution in [2.45, 2.75) is 64.1 Å². The summed E-state index contributed by atoms with van der Waals surface area (Å²) in [7, 11) is 0. The van der Waals surface area contributed by atoms with Crippen molar-refractivity contribution in [3.05, 3.63) is 60.3 Å². The van der Waals surface area contributed by atoms with Gasteiger partial charge >= 0.3 is 6.09 Å². The van der Waals surface area contributed by atoms with Crippen LogP contribution in [0.3, 0.4) is 0 Å². The first-order chi connectivity index (χ1) is 17.4. The van der Waals surface area contributed by atoms with Gasteiger partial charge in [0.2, 0.25) is 5.88 Å². The number of hydrogen-bond donors (Lipinski definition) is 0. The average Bonchev–Trinajstić information content (AvgIpc) is 2.88. The molecule has 1 amide bonds. The highest BCUT2D eigenvalue weighted by atomic mass is 16.6. The number of rotatable bonds is 4. The highest BCUT2D eigenvalue weighted by Gasteiger charge is 2.30. The third-order valence-corrected chi connectivity index (χ3v) is 7.02. The van der Waals surface area contributed by atoms with Crippen molar-refractivity contribution in [2.75, 3.05) is 31.1 Å². The van der Waals surface area contributed by atoms with Gasteiger partial charge in [0, 0.05) is 56.2 Å². The maximum Gasteiger partial charge on any atom is 0.410 e. The molecule has 1 aromatic carbocycles. The van der Waals surface area contributed by atoms with E-state index in [1.54, 1.807) is 0 Å². The number of piperidine rings is 2. The number of anilines is 1. The van der Waals surface area contributed by atoms with Crippen LogP contribution in [0.5, 0.6) is 5.88 Å². The van der Waals surface area contributed by atoms with Gasteiger partial charge in [0.15, 0.2) is 0 Å². The van der Waals surface area contributed by atoms with Gasteiger partial charge < -0.3 is 19.3 Å². The van der Waals surface area contributed by atoms with Crippen LogP contribution >= 0.6 is 0 Å². The van der Waals surface area contributed by atoms with E-state index in [2.05, 4.69) is 40.2 Å². The van der Waals surface area contributed by atoms with Crippen LogP contribution in [-0.4, -0.2) is 58.8 Å². The van der Waals surface area contributed by atoms with Gasteiger partial charge in [-0.15, -0.1) is 0 Å². The molecule has 2 fully saturated rings. The van der Waals surface area contributed by atoms with Gasteiger partial charge in [-0.05, 0) is 63.8 Å². The van der Waals surface area contributed by atoms with E-state index in [4.69, 9.17) is 14.5 Å². The summed E-state index contributed by atoms with van der Waals surface area (Å²) in [5.41, 5.74) is 1.71. The zero-order chi connectivity index (χ0) is 25.1. The van der Waals surface area contributed by atoms with Crippen LogP contribution < -0.4 is 9.64 Å². The van der Waals surface area contributed by atoms with E-state index in [1.165, 1.54) is 5.39 Å². The number of hydrogen-bond acceptors (Lipinski definition) is 6. The zero-order valence-electron chi connectivity index (χ0n) is 21.5. The fraction of sp³-hybridized carbons (Fsp3) is 0.483. The minimum atomic E-state index is -0.474. The Labute approximate surface area is 213 Å². The standard InChI is InChI=1S/C29H36N4O3/c1-29(2,3)36-28(34)33-17-12-21(13-18-33)24-8-6-16-30-27(24)35-23-14-19-32(20-15-23)26-11-10-22-7-4-5-9-25(22)31-26/h4-11,16,21,23H,12-15,17-20H2,1-3H3. The van der Waals surface area contributed by atoms with Gasteiger partial charge in [0.05, 0.1) is 5.52 Å². The molecule has 0 bridgehead atoms. The summed E-state index contributed by atoms with van der Waals surface area (Å²) in [5.74, 6) is 2.10. The summed E-state index contributed by atoms with van der Waals surface area (Å²) in [5, 5.41) is 1.17. The molecule has 0 N–H and O–H groups in total. The summed E-state index contributed by atoms with van der Waals surface area (Å²) in [6, 6.07) is 16.6. The molecule has 36 heavy (non-hydrogen) atoms. The van der Waals surface area contributed by atoms with E-state index < -0.39 is 5.60 Å². The van der Waals surface area contributed by atoms with Crippen molar-refractivity contribution in [1.82, 2.24) is 14.9 Å². The second-order valence-electron chi connectivity index (χ2n) is 10.8. The minimum Gasteiger partial charge on any atom is -0.474 e. The molecule has 0 spiro atoms. The minimum absolute atomic E-state index is 0.136. The van der Waals surface area contributed by atoms with Gasteiger partial charge in [0.1, 0.15) is 17.5 Å². The van der Waals surface area contributed by atoms with E-state index in [0.717, 1.165) is 61.6 Å². The van der Waals surface area contributed by atoms with Crippen LogP contribution in [0.2, 0.25) is 0 Å². The number of fused-ring (bicyclic) bond motifs is 1. The molecule has 7 nitrogen and oxygen atoms in total. The van der Waals surface area contributed by atoms with Crippen LogP contribution in [0.15, 0.2) is 54.7 Å². The predicted molar refractivity (Wildman–Crippen MR) is 142 cm³/mol. The van der Waals surface area contributed by atoms with Crippen molar-refractivity contribution >= 4 is 22.8 Å². The van der Waals surface area contributed by atoms with Gasteiger partial charge in [-0.25, -0.2) is 14.8 Å². The molecule has 2 aliphatic heterocycles. The molecule has 0 radical (unpaired) electrons. The topological polar surface area (TPSA) is 67.8 Å². The molecule has 2 aromatic heterocycles. The third kappa shape index (κ3) is 5.72. The number of likely N-dealkylation sites (tertiary alicyclic amines) is 1. The average molecular weight is 489 g/mol. The molecule has 0 aliphatic carbocycles. The summed E-state index contributed by atoms with van der Waals surface area (Å²) in [6.07, 6.45) is 5.35. The Kier molecular flexibility index (Phi) is 6.99. The Balaban J connectivity index is 1.17. The molecule has 190 valence electrons. The van der Waals surface area contributed by atoms with Crippen molar-refractivity contribution in [3.63, 3.8) is 0 Å². The molecule has 7 heteroatoms. The first kappa shape index (κ1) is 24.3. The van der Waals surface area contributed by atoms with Crippen molar-refractivity contribution in [1.29, 1.82) is 0 Å². The molecule has 0 saturated carbocycles. The second kappa shape index (κ2) is 10.3. The largest absolute Gasteiger partial charge is 0.474 e. The fourth-order valence-electron chi connectivity index (χ4n) is 5.10. The van der Waals surface area contributed by atoms with E-state index in [1.807, 2.05) is 50.1 Å². The third-order valence-electron chi connectivity index (χ3n) is 7.02. The second-order valence-corrected chi connectivity index (χ2v) is 10.8. The smallest absolute Gasteiger partial charge is 0.410 e. The number of aromatic nitrogens is 2. The lowest BCUT2D eigenvalue weighted by molar-refractivity contribution is 0.0204. The summed E-state index contributed by atoms with van der Waals surface area (Å²) < 4.78 is 12.0. The lowest BCUT2D eigenvalue weighted by atomic mass is 9.90. The van der Waals surface area contributed by atoms with Crippen molar-refractivity contribution in [3.8, 4) is 5.88 Å². The summed E-state index contributed by atoms with van der Waals surface area (Å²) >= 11 is 0. The van der Waals surface area contributed by atoms with Crippen LogP contribution in [0.25, 0.3) is 10.9 Å². The SMILES string of the molecule is CC(C)(C)OC(=O)N1CCC(c2cccnc2OC2CCN(c3ccc4ccccc4n3)CC2)CC1. The van der Waals surface area contributed by atoms with E-state index in [9.17, 15) is 4.79 Å². The maximum absolute atomic E-state index is 12.4. The van der Waals surface area contributed by atoms with Crippen molar-refractivity contribution in [2.24, 2.45) is 0 Å². The molecule has 2 aliphatic rings. The van der Waals surface area contributed by atoms with Crippen LogP contribution in [0.1, 0.15) is 57.9 Å². The number of ether oxygens (including phenoxy) is 2. The summed E-state index contributed by atoms with van der Waals surface area (Å²) in [4.78, 5) is 26.1. The fourth-order valence-corrected chi connectivity index (χ4v) is 5.10. The number of carbonyl (C=O) groups is 1. The van der Waals surface area contributed by atoms with Crippen LogP contribution in [0, 0.1) is 0 Å². The van der Waals surface area contributed by atoms with Crippen LogP contribution in [0.4, 0.5) is 10.6 Å². The highest BCUT2D eigenvalue weighted by Crippen LogP contribution is 2.34. The number of benzene rings is 1. The Morgan fingerprint density at radius 2 is 1.67 bits per heavy atom. The Morgan fingerprint density at radius 1 is 0.917 bits per heavy atom. The predicted octanol–water partition coefficient (Wildman–Crippen LogP) is 5.79. The maximum atomic E-state index is 12.4. The highest BCUT2D eigenvalue weighted by molar-refractivity contribution is 5.80. The molecule has 4 heterocycles. The molecule has 2 saturated heterocycles. The van der Waals surface area contributed by atoms with Gasteiger partial charge in [0.25, 0.3) is 0 Å². The molecular weight excluding hydrogens is 452 g/mol. The Morgan fingerprint density at radius 3 is 2.42 bits per heavy atom. The number of amides is 1. The van der Waals surface area contributed by atoms with E-state index >= 15 is 0 Å². The summed E-state index contributed by atoms with van der Waals surface area (Å²) in [6.45, 7) is 8.90. The molecular formula is C29H36N4O3. The molecule has 0 unspecified atom stereocenters. The molecule has 5 rings (SSSR count). The Bertz CT molecular complexity index is 1190. The zero-order valence-corrected chi connectivity index (χ0v) is 21.5. The number of nitrogens with zero attached hydrogens (tertiary/aromatic N) is 4. The number of para-hydroxylation sites is 1. The van der Waals surface area contributed by atoms with Gasteiger partial charge in [-0.3, -0.25) is 0 Å². The Hall–Kier alpha value is -3.35. The lowest BCUT2D eigenvalue weighted by Gasteiger charge is -2.35. The monoisotopic (exact) mass is 488 g/mol. The van der Waals surface area contributed by atoms with Gasteiger partial charge in [-0.2, -0.15) is 0 Å². The number of carbonyl (C=O) groups excluding carboxylic acids is 1. The molecule has 0 atom stereocenters. The van der Waals surface area contributed by atoms with Gasteiger partial charge in [-0.1, -0.05) is 24.3 Å². The van der Waals surface area contributed by atoms with E-state index in [-0.39, 0.29) is 12.2 Å². The van der Waals surface area contributed by atoms with E-state index in [0.29, 0.717) is 19.0 Å². The first-order valence-electron chi connectivity index (χ1n) is 13.1. The van der Waals surface area contributed by atoms with Crippen molar-refractivity contribution < 1.29 is 14.3 Å². The number of pyridine rings is 2.